The Morgan fingerprint density at radius 3 is 2.93 bits per heavy atom. The van der Waals surface area contributed by atoms with Crippen LogP contribution in [0.25, 0.3) is 0 Å². The molecule has 0 aliphatic heterocycles. The molecule has 0 radical (unpaired) electrons. The van der Waals surface area contributed by atoms with Crippen LogP contribution in [-0.4, -0.2) is 10.8 Å². The van der Waals surface area contributed by atoms with Crippen molar-refractivity contribution in [3.63, 3.8) is 0 Å². The van der Waals surface area contributed by atoms with Gasteiger partial charge in [-0.15, -0.1) is 0 Å². The minimum atomic E-state index is 0.0841. The van der Waals surface area contributed by atoms with Gasteiger partial charge in [0.25, 0.3) is 0 Å². The minimum Gasteiger partial charge on any atom is -0.294 e. The highest BCUT2D eigenvalue weighted by Crippen LogP contribution is 2.25. The Balaban J connectivity index is 2.44. The molecule has 0 unspecified atom stereocenters. The number of halogens is 1. The normalized spacial score (nSPS) is 14.8. The molecule has 0 saturated carbocycles. The second kappa shape index (κ2) is 4.31. The zero-order valence-corrected chi connectivity index (χ0v) is 9.60. The van der Waals surface area contributed by atoms with Crippen molar-refractivity contribution in [3.8, 4) is 0 Å². The Hall–Kier alpha value is -0.890. The summed E-state index contributed by atoms with van der Waals surface area (Å²) in [5.74, 6) is 0.0841. The molecule has 2 rings (SSSR count). The predicted molar refractivity (Wildman–Crippen MR) is 60.5 cm³/mol. The number of hydrogen-bond donors (Lipinski definition) is 0. The van der Waals surface area contributed by atoms with Crippen LogP contribution in [0.4, 0.5) is 0 Å². The van der Waals surface area contributed by atoms with Crippen LogP contribution >= 0.6 is 11.6 Å². The maximum Gasteiger partial charge on any atom is 0.165 e. The largest absolute Gasteiger partial charge is 0.294 e. The summed E-state index contributed by atoms with van der Waals surface area (Å²) in [4.78, 5) is 15.9. The fraction of sp³-hybridized carbons (Fsp3) is 0.500. The van der Waals surface area contributed by atoms with Crippen LogP contribution in [0.5, 0.6) is 0 Å². The van der Waals surface area contributed by atoms with Gasteiger partial charge in [-0.05, 0) is 37.3 Å². The van der Waals surface area contributed by atoms with Crippen LogP contribution in [-0.2, 0) is 12.8 Å². The van der Waals surface area contributed by atoms with Crippen molar-refractivity contribution < 1.29 is 4.79 Å². The average molecular weight is 224 g/mol. The van der Waals surface area contributed by atoms with Crippen LogP contribution in [0, 0.1) is 0 Å². The first kappa shape index (κ1) is 10.6. The smallest absolute Gasteiger partial charge is 0.165 e. The zero-order valence-electron chi connectivity index (χ0n) is 8.85. The second-order valence-electron chi connectivity index (χ2n) is 3.92. The van der Waals surface area contributed by atoms with E-state index in [9.17, 15) is 4.79 Å². The van der Waals surface area contributed by atoms with Gasteiger partial charge in [0, 0.05) is 12.1 Å². The highest BCUT2D eigenvalue weighted by Gasteiger charge is 2.16. The summed E-state index contributed by atoms with van der Waals surface area (Å²) >= 11 is 6.00. The standard InChI is InChI=1S/C12H14ClNO/c1-2-11(15)9-7-8-5-3-4-6-10(8)14-12(9)13/h7H,2-6H2,1H3. The first-order valence-corrected chi connectivity index (χ1v) is 5.81. The van der Waals surface area contributed by atoms with E-state index in [1.54, 1.807) is 0 Å². The lowest BCUT2D eigenvalue weighted by Gasteiger charge is -2.16. The third-order valence-corrected chi connectivity index (χ3v) is 3.16. The Bertz CT molecular complexity index is 401. The summed E-state index contributed by atoms with van der Waals surface area (Å²) in [6.07, 6.45) is 4.88. The van der Waals surface area contributed by atoms with Crippen LogP contribution in [0.3, 0.4) is 0 Å². The first-order valence-electron chi connectivity index (χ1n) is 5.44. The number of hydrogen-bond acceptors (Lipinski definition) is 2. The van der Waals surface area contributed by atoms with Gasteiger partial charge in [-0.25, -0.2) is 4.98 Å². The molecule has 15 heavy (non-hydrogen) atoms. The first-order chi connectivity index (χ1) is 7.22. The molecule has 0 spiro atoms. The molecule has 0 atom stereocenters. The summed E-state index contributed by atoms with van der Waals surface area (Å²) in [6, 6.07) is 1.94. The SMILES string of the molecule is CCC(=O)c1cc2c(nc1Cl)CCCC2. The molecule has 3 heteroatoms. The van der Waals surface area contributed by atoms with Gasteiger partial charge < -0.3 is 0 Å². The fourth-order valence-electron chi connectivity index (χ4n) is 1.99. The average Bonchev–Trinajstić information content (AvgIpc) is 2.27. The third kappa shape index (κ3) is 2.05. The summed E-state index contributed by atoms with van der Waals surface area (Å²) in [5.41, 5.74) is 2.89. The predicted octanol–water partition coefficient (Wildman–Crippen LogP) is 3.21. The van der Waals surface area contributed by atoms with Gasteiger partial charge in [-0.2, -0.15) is 0 Å². The number of nitrogens with zero attached hydrogens (tertiary/aromatic N) is 1. The maximum atomic E-state index is 11.6. The zero-order chi connectivity index (χ0) is 10.8. The minimum absolute atomic E-state index is 0.0841. The summed E-state index contributed by atoms with van der Waals surface area (Å²) in [7, 11) is 0. The van der Waals surface area contributed by atoms with Crippen molar-refractivity contribution in [2.24, 2.45) is 0 Å². The van der Waals surface area contributed by atoms with Gasteiger partial charge >= 0.3 is 0 Å². The van der Waals surface area contributed by atoms with E-state index in [1.807, 2.05) is 13.0 Å². The summed E-state index contributed by atoms with van der Waals surface area (Å²) in [6.45, 7) is 1.85. The maximum absolute atomic E-state index is 11.6. The summed E-state index contributed by atoms with van der Waals surface area (Å²) < 4.78 is 0. The van der Waals surface area contributed by atoms with Crippen molar-refractivity contribution >= 4 is 17.4 Å². The van der Waals surface area contributed by atoms with E-state index in [4.69, 9.17) is 11.6 Å². The quantitative estimate of drug-likeness (QED) is 0.569. The lowest BCUT2D eigenvalue weighted by molar-refractivity contribution is 0.0988. The van der Waals surface area contributed by atoms with Crippen LogP contribution in [0.2, 0.25) is 5.15 Å². The number of carbonyl (C=O) groups is 1. The number of fused-ring (bicyclic) bond motifs is 1. The molecule has 1 aliphatic carbocycles. The van der Waals surface area contributed by atoms with Crippen molar-refractivity contribution in [3.05, 3.63) is 28.0 Å². The Morgan fingerprint density at radius 1 is 1.47 bits per heavy atom. The van der Waals surface area contributed by atoms with E-state index in [-0.39, 0.29) is 5.78 Å². The van der Waals surface area contributed by atoms with Crippen molar-refractivity contribution in [1.82, 2.24) is 4.98 Å². The number of pyridine rings is 1. The number of aromatic nitrogens is 1. The molecule has 0 amide bonds. The Kier molecular flexibility index (Phi) is 3.06. The highest BCUT2D eigenvalue weighted by atomic mass is 35.5. The van der Waals surface area contributed by atoms with E-state index in [0.29, 0.717) is 17.1 Å². The molecule has 1 aromatic rings. The molecule has 80 valence electrons. The number of ketones is 1. The van der Waals surface area contributed by atoms with Gasteiger partial charge in [0.2, 0.25) is 0 Å². The van der Waals surface area contributed by atoms with E-state index in [2.05, 4.69) is 4.98 Å². The number of Topliss-reactive ketones (excluding diaryl/α,β-unsaturated/α-hetero) is 1. The lowest BCUT2D eigenvalue weighted by atomic mass is 9.94. The van der Waals surface area contributed by atoms with Crippen molar-refractivity contribution in [1.29, 1.82) is 0 Å². The van der Waals surface area contributed by atoms with Crippen LogP contribution in [0.15, 0.2) is 6.07 Å². The van der Waals surface area contributed by atoms with Gasteiger partial charge in [0.1, 0.15) is 5.15 Å². The van der Waals surface area contributed by atoms with Gasteiger partial charge in [0.05, 0.1) is 5.56 Å². The van der Waals surface area contributed by atoms with E-state index >= 15 is 0 Å². The number of rotatable bonds is 2. The monoisotopic (exact) mass is 223 g/mol. The van der Waals surface area contributed by atoms with Gasteiger partial charge in [-0.3, -0.25) is 4.79 Å². The Morgan fingerprint density at radius 2 is 2.20 bits per heavy atom. The number of aryl methyl sites for hydroxylation is 2. The molecule has 2 nitrogen and oxygen atoms in total. The van der Waals surface area contributed by atoms with Crippen molar-refractivity contribution in [2.45, 2.75) is 39.0 Å². The molecule has 1 aromatic heterocycles. The third-order valence-electron chi connectivity index (χ3n) is 2.88. The fourth-order valence-corrected chi connectivity index (χ4v) is 2.26. The van der Waals surface area contributed by atoms with Gasteiger partial charge in [0.15, 0.2) is 5.78 Å². The van der Waals surface area contributed by atoms with Crippen LogP contribution in [0.1, 0.15) is 47.8 Å². The van der Waals surface area contributed by atoms with Crippen molar-refractivity contribution in [2.75, 3.05) is 0 Å². The molecule has 1 heterocycles. The van der Waals surface area contributed by atoms with E-state index in [0.717, 1.165) is 18.5 Å². The molecule has 0 aromatic carbocycles. The molecule has 0 fully saturated rings. The lowest BCUT2D eigenvalue weighted by Crippen LogP contribution is -2.09. The molecule has 0 bridgehead atoms. The second-order valence-corrected chi connectivity index (χ2v) is 4.27. The molecular formula is C12H14ClNO. The molecule has 0 saturated heterocycles. The van der Waals surface area contributed by atoms with E-state index in [1.165, 1.54) is 18.4 Å². The highest BCUT2D eigenvalue weighted by molar-refractivity contribution is 6.32. The topological polar surface area (TPSA) is 30.0 Å². The number of carbonyl (C=O) groups excluding carboxylic acids is 1. The Labute approximate surface area is 94.7 Å². The van der Waals surface area contributed by atoms with Gasteiger partial charge in [-0.1, -0.05) is 18.5 Å². The summed E-state index contributed by atoms with van der Waals surface area (Å²) in [5, 5.41) is 0.377. The van der Waals surface area contributed by atoms with Crippen LogP contribution < -0.4 is 0 Å². The molecular weight excluding hydrogens is 210 g/mol. The van der Waals surface area contributed by atoms with E-state index < -0.39 is 0 Å². The molecule has 0 N–H and O–H groups in total. The molecule has 1 aliphatic rings.